The van der Waals surface area contributed by atoms with Crippen molar-refractivity contribution in [1.29, 1.82) is 5.26 Å². The van der Waals surface area contributed by atoms with Crippen LogP contribution in [0.3, 0.4) is 0 Å². The Labute approximate surface area is 192 Å². The van der Waals surface area contributed by atoms with E-state index >= 15 is 0 Å². The van der Waals surface area contributed by atoms with Crippen LogP contribution in [0.15, 0.2) is 30.5 Å². The Kier molecular flexibility index (Phi) is 5.09. The van der Waals surface area contributed by atoms with Gasteiger partial charge < -0.3 is 28.3 Å². The molecule has 3 aliphatic heterocycles. The molecule has 3 aliphatic rings. The SMILES string of the molecule is Cc1cn([C@H]2[C@H]3OC(C)(C)O[C@H]3O[C@@H]2[C@H]2COC(C)(C)O2)c(=S)n1-c1ccc(C#N)cc1. The highest BCUT2D eigenvalue weighted by Gasteiger charge is 2.59. The topological polar surface area (TPSA) is 79.8 Å². The Morgan fingerprint density at radius 2 is 1.75 bits per heavy atom. The third-order valence-corrected chi connectivity index (χ3v) is 6.51. The van der Waals surface area contributed by atoms with Crippen LogP contribution in [0, 0.1) is 23.0 Å². The molecule has 5 atom stereocenters. The van der Waals surface area contributed by atoms with Gasteiger partial charge in [0.15, 0.2) is 22.6 Å². The molecule has 1 aromatic carbocycles. The molecule has 3 fully saturated rings. The quantitative estimate of drug-likeness (QED) is 0.650. The van der Waals surface area contributed by atoms with E-state index in [4.69, 9.17) is 41.2 Å². The zero-order valence-corrected chi connectivity index (χ0v) is 19.6. The predicted molar refractivity (Wildman–Crippen MR) is 117 cm³/mol. The Morgan fingerprint density at radius 1 is 1.03 bits per heavy atom. The van der Waals surface area contributed by atoms with E-state index in [1.54, 1.807) is 12.1 Å². The van der Waals surface area contributed by atoms with E-state index in [-0.39, 0.29) is 24.4 Å². The number of ether oxygens (including phenoxy) is 5. The first-order valence-electron chi connectivity index (χ1n) is 10.7. The van der Waals surface area contributed by atoms with Gasteiger partial charge in [0.25, 0.3) is 0 Å². The molecule has 170 valence electrons. The van der Waals surface area contributed by atoms with E-state index in [9.17, 15) is 0 Å². The highest BCUT2D eigenvalue weighted by atomic mass is 32.1. The molecule has 0 bridgehead atoms. The first-order chi connectivity index (χ1) is 15.1. The molecule has 0 radical (unpaired) electrons. The molecule has 0 N–H and O–H groups in total. The van der Waals surface area contributed by atoms with Gasteiger partial charge in [-0.15, -0.1) is 0 Å². The number of fused-ring (bicyclic) bond motifs is 1. The smallest absolute Gasteiger partial charge is 0.189 e. The Morgan fingerprint density at radius 3 is 2.38 bits per heavy atom. The third-order valence-electron chi connectivity index (χ3n) is 6.12. The second kappa shape index (κ2) is 7.48. The summed E-state index contributed by atoms with van der Waals surface area (Å²) >= 11 is 5.92. The van der Waals surface area contributed by atoms with Crippen LogP contribution < -0.4 is 0 Å². The van der Waals surface area contributed by atoms with E-state index in [0.29, 0.717) is 16.9 Å². The van der Waals surface area contributed by atoms with Crippen molar-refractivity contribution in [2.24, 2.45) is 0 Å². The van der Waals surface area contributed by atoms with Crippen molar-refractivity contribution in [3.63, 3.8) is 0 Å². The molecular weight excluding hydrogens is 430 g/mol. The van der Waals surface area contributed by atoms with Crippen molar-refractivity contribution < 1.29 is 23.7 Å². The maximum atomic E-state index is 9.11. The number of nitriles is 1. The summed E-state index contributed by atoms with van der Waals surface area (Å²) in [7, 11) is 0. The van der Waals surface area contributed by atoms with Crippen LogP contribution in [0.25, 0.3) is 5.69 Å². The summed E-state index contributed by atoms with van der Waals surface area (Å²) in [6.45, 7) is 9.97. The summed E-state index contributed by atoms with van der Waals surface area (Å²) < 4.78 is 35.2. The van der Waals surface area contributed by atoms with Crippen LogP contribution in [0.4, 0.5) is 0 Å². The van der Waals surface area contributed by atoms with Gasteiger partial charge in [-0.25, -0.2) is 0 Å². The van der Waals surface area contributed by atoms with Gasteiger partial charge in [-0.05, 0) is 71.1 Å². The molecule has 1 aromatic heterocycles. The van der Waals surface area contributed by atoms with Crippen molar-refractivity contribution in [2.45, 2.75) is 76.8 Å². The number of rotatable bonds is 3. The first-order valence-corrected chi connectivity index (χ1v) is 11.1. The van der Waals surface area contributed by atoms with Crippen LogP contribution in [0.5, 0.6) is 0 Å². The molecule has 4 heterocycles. The summed E-state index contributed by atoms with van der Waals surface area (Å²) in [5.41, 5.74) is 2.45. The second-order valence-corrected chi connectivity index (χ2v) is 9.75. The minimum atomic E-state index is -0.752. The average molecular weight is 458 g/mol. The van der Waals surface area contributed by atoms with Gasteiger partial charge in [0.1, 0.15) is 18.3 Å². The number of aryl methyl sites for hydroxylation is 1. The zero-order valence-electron chi connectivity index (χ0n) is 18.8. The monoisotopic (exact) mass is 457 g/mol. The highest BCUT2D eigenvalue weighted by molar-refractivity contribution is 7.71. The predicted octanol–water partition coefficient (Wildman–Crippen LogP) is 3.76. The Hall–Kier alpha value is -2.06. The molecule has 3 saturated heterocycles. The normalized spacial score (nSPS) is 32.7. The lowest BCUT2D eigenvalue weighted by molar-refractivity contribution is -0.225. The van der Waals surface area contributed by atoms with Gasteiger partial charge >= 0.3 is 0 Å². The van der Waals surface area contributed by atoms with Crippen molar-refractivity contribution in [2.75, 3.05) is 6.61 Å². The molecule has 2 aromatic rings. The highest BCUT2D eigenvalue weighted by Crippen LogP contribution is 2.46. The van der Waals surface area contributed by atoms with E-state index < -0.39 is 17.9 Å². The maximum Gasteiger partial charge on any atom is 0.189 e. The molecule has 9 heteroatoms. The molecule has 5 rings (SSSR count). The molecule has 0 unspecified atom stereocenters. The number of hydrogen-bond donors (Lipinski definition) is 0. The summed E-state index contributed by atoms with van der Waals surface area (Å²) in [5, 5.41) is 9.11. The number of nitrogens with zero attached hydrogens (tertiary/aromatic N) is 3. The summed E-state index contributed by atoms with van der Waals surface area (Å²) in [4.78, 5) is 0. The number of hydrogen-bond acceptors (Lipinski definition) is 7. The Bertz CT molecular complexity index is 1130. The molecular formula is C23H27N3O5S. The lowest BCUT2D eigenvalue weighted by Crippen LogP contribution is -2.40. The largest absolute Gasteiger partial charge is 0.348 e. The fraction of sp³-hybridized carbons (Fsp3) is 0.565. The van der Waals surface area contributed by atoms with Gasteiger partial charge in [-0.1, -0.05) is 0 Å². The van der Waals surface area contributed by atoms with Gasteiger partial charge in [0.2, 0.25) is 0 Å². The van der Waals surface area contributed by atoms with Crippen molar-refractivity contribution in [3.8, 4) is 11.8 Å². The fourth-order valence-corrected chi connectivity index (χ4v) is 5.23. The molecule has 32 heavy (non-hydrogen) atoms. The Balaban J connectivity index is 1.56. The van der Waals surface area contributed by atoms with Gasteiger partial charge in [0.05, 0.1) is 24.3 Å². The summed E-state index contributed by atoms with van der Waals surface area (Å²) in [6.07, 6.45) is 0.514. The van der Waals surface area contributed by atoms with Crippen LogP contribution in [-0.4, -0.2) is 51.9 Å². The van der Waals surface area contributed by atoms with E-state index in [1.807, 2.05) is 62.1 Å². The number of benzene rings is 1. The number of imidazole rings is 1. The van der Waals surface area contributed by atoms with Gasteiger partial charge in [-0.3, -0.25) is 4.57 Å². The van der Waals surface area contributed by atoms with Crippen molar-refractivity contribution in [3.05, 3.63) is 46.5 Å². The minimum Gasteiger partial charge on any atom is -0.348 e. The lowest BCUT2D eigenvalue weighted by Gasteiger charge is -2.29. The third kappa shape index (κ3) is 3.61. The molecule has 0 spiro atoms. The van der Waals surface area contributed by atoms with Crippen LogP contribution in [-0.2, 0) is 23.7 Å². The molecule has 0 amide bonds. The zero-order chi connectivity index (χ0) is 22.8. The minimum absolute atomic E-state index is 0.255. The van der Waals surface area contributed by atoms with Gasteiger partial charge in [0, 0.05) is 17.6 Å². The molecule has 0 aliphatic carbocycles. The molecule has 8 nitrogen and oxygen atoms in total. The lowest BCUT2D eigenvalue weighted by atomic mass is 10.0. The maximum absolute atomic E-state index is 9.11. The van der Waals surface area contributed by atoms with E-state index in [2.05, 4.69) is 6.07 Å². The molecule has 0 saturated carbocycles. The first kappa shape index (κ1) is 21.8. The van der Waals surface area contributed by atoms with E-state index in [0.717, 1.165) is 11.4 Å². The summed E-state index contributed by atoms with van der Waals surface area (Å²) in [5.74, 6) is -1.43. The summed E-state index contributed by atoms with van der Waals surface area (Å²) in [6, 6.07) is 9.25. The van der Waals surface area contributed by atoms with Crippen LogP contribution >= 0.6 is 12.2 Å². The van der Waals surface area contributed by atoms with Crippen molar-refractivity contribution >= 4 is 12.2 Å². The number of aromatic nitrogens is 2. The van der Waals surface area contributed by atoms with Crippen molar-refractivity contribution in [1.82, 2.24) is 9.13 Å². The van der Waals surface area contributed by atoms with E-state index in [1.165, 1.54) is 0 Å². The standard InChI is InChI=1S/C23H27N3O5S/c1-13-11-25(21(32)26(13)15-8-6-14(10-24)7-9-15)17-18(16-12-27-22(2,3)29-16)28-20-19(17)30-23(4,5)31-20/h6-9,11,16-20H,12H2,1-5H3/t16-,17-,18-,19-,20-/m1/s1. The average Bonchev–Trinajstić information content (AvgIpc) is 3.41. The van der Waals surface area contributed by atoms with Gasteiger partial charge in [-0.2, -0.15) is 5.26 Å². The van der Waals surface area contributed by atoms with Crippen LogP contribution in [0.2, 0.25) is 0 Å². The fourth-order valence-electron chi connectivity index (χ4n) is 4.81. The second-order valence-electron chi connectivity index (χ2n) is 9.38. The van der Waals surface area contributed by atoms with Crippen LogP contribution in [0.1, 0.15) is 45.0 Å².